The molecule has 1 aromatic carbocycles. The van der Waals surface area contributed by atoms with E-state index in [9.17, 15) is 19.4 Å². The Labute approximate surface area is 229 Å². The molecule has 3 heterocycles. The summed E-state index contributed by atoms with van der Waals surface area (Å²) in [6, 6.07) is 6.49. The van der Waals surface area contributed by atoms with Gasteiger partial charge in [-0.05, 0) is 81.7 Å². The van der Waals surface area contributed by atoms with Crippen molar-refractivity contribution in [3.63, 3.8) is 0 Å². The summed E-state index contributed by atoms with van der Waals surface area (Å²) < 4.78 is 21.5. The number of benzene rings is 1. The molecule has 1 fully saturated rings. The van der Waals surface area contributed by atoms with E-state index < -0.39 is 18.0 Å². The van der Waals surface area contributed by atoms with Gasteiger partial charge in [0, 0.05) is 31.4 Å². The van der Waals surface area contributed by atoms with Crippen LogP contribution in [0.1, 0.15) is 86.3 Å². The van der Waals surface area contributed by atoms with Crippen molar-refractivity contribution >= 4 is 17.1 Å². The van der Waals surface area contributed by atoms with Crippen molar-refractivity contribution in [3.05, 3.63) is 64.2 Å². The van der Waals surface area contributed by atoms with Gasteiger partial charge in [-0.25, -0.2) is 8.91 Å². The highest BCUT2D eigenvalue weighted by atomic mass is 19.1. The average Bonchev–Trinajstić information content (AvgIpc) is 3.25. The lowest BCUT2D eigenvalue weighted by atomic mass is 9.82. The van der Waals surface area contributed by atoms with E-state index in [1.165, 1.54) is 6.07 Å². The fourth-order valence-electron chi connectivity index (χ4n) is 5.12. The molecule has 1 aliphatic rings. The summed E-state index contributed by atoms with van der Waals surface area (Å²) >= 11 is 0. The third-order valence-electron chi connectivity index (χ3n) is 7.35. The molecule has 8 nitrogen and oxygen atoms in total. The maximum atomic E-state index is 13.6. The van der Waals surface area contributed by atoms with Gasteiger partial charge in [0.2, 0.25) is 0 Å². The molecule has 0 unspecified atom stereocenters. The van der Waals surface area contributed by atoms with Crippen LogP contribution < -0.4 is 10.2 Å². The van der Waals surface area contributed by atoms with Crippen LogP contribution in [0.5, 0.6) is 0 Å². The predicted molar refractivity (Wildman–Crippen MR) is 149 cm³/mol. The molecular weight excluding hydrogens is 499 g/mol. The van der Waals surface area contributed by atoms with Crippen molar-refractivity contribution in [1.82, 2.24) is 14.9 Å². The average molecular weight is 541 g/mol. The van der Waals surface area contributed by atoms with Gasteiger partial charge in [-0.2, -0.15) is 5.10 Å². The molecule has 0 aliphatic carbocycles. The molecule has 1 amide bonds. The minimum absolute atomic E-state index is 0.207. The lowest BCUT2D eigenvalue weighted by Gasteiger charge is -2.41. The molecule has 9 heteroatoms. The summed E-state index contributed by atoms with van der Waals surface area (Å²) in [5.41, 5.74) is 4.08. The second kappa shape index (κ2) is 10.9. The number of aryl methyl sites for hydroxylation is 2. The van der Waals surface area contributed by atoms with Crippen molar-refractivity contribution in [2.45, 2.75) is 85.8 Å². The summed E-state index contributed by atoms with van der Waals surface area (Å²) in [7, 11) is 0. The van der Waals surface area contributed by atoms with Gasteiger partial charge in [-0.1, -0.05) is 26.0 Å². The van der Waals surface area contributed by atoms with Gasteiger partial charge in [0.15, 0.2) is 12.0 Å². The Bertz CT molecular complexity index is 1350. The number of carbonyl (C=O) groups is 1. The molecular formula is C30H41FN4O4. The highest BCUT2D eigenvalue weighted by Crippen LogP contribution is 2.41. The third kappa shape index (κ3) is 6.59. The molecule has 39 heavy (non-hydrogen) atoms. The Balaban J connectivity index is 1.76. The van der Waals surface area contributed by atoms with Gasteiger partial charge in [-0.3, -0.25) is 4.79 Å². The fourth-order valence-corrected chi connectivity index (χ4v) is 5.12. The maximum Gasteiger partial charge on any atom is 0.272 e. The normalized spacial score (nSPS) is 16.6. The first-order valence-corrected chi connectivity index (χ1v) is 13.5. The second-order valence-electron chi connectivity index (χ2n) is 12.4. The first kappa shape index (κ1) is 29.0. The van der Waals surface area contributed by atoms with E-state index >= 15 is 0 Å². The molecule has 0 radical (unpaired) electrons. The van der Waals surface area contributed by atoms with Crippen molar-refractivity contribution < 1.29 is 24.1 Å². The van der Waals surface area contributed by atoms with Crippen LogP contribution in [0.4, 0.5) is 10.1 Å². The summed E-state index contributed by atoms with van der Waals surface area (Å²) in [6.45, 7) is 15.5. The largest absolute Gasteiger partial charge is 0.369 e. The number of aromatic nitrogens is 2. The van der Waals surface area contributed by atoms with Crippen molar-refractivity contribution in [2.24, 2.45) is 5.41 Å². The van der Waals surface area contributed by atoms with Crippen LogP contribution >= 0.6 is 0 Å². The van der Waals surface area contributed by atoms with Gasteiger partial charge in [-0.15, -0.1) is 0 Å². The first-order chi connectivity index (χ1) is 18.1. The molecule has 2 aromatic heterocycles. The van der Waals surface area contributed by atoms with E-state index in [1.54, 1.807) is 35.8 Å². The quantitative estimate of drug-likeness (QED) is 0.372. The number of aliphatic hydroxyl groups excluding tert-OH is 1. The summed E-state index contributed by atoms with van der Waals surface area (Å²) in [5.74, 6) is -0.637. The van der Waals surface area contributed by atoms with Gasteiger partial charge in [0.05, 0.1) is 16.8 Å². The lowest BCUT2D eigenvalue weighted by molar-refractivity contribution is -0.185. The van der Waals surface area contributed by atoms with E-state index in [-0.39, 0.29) is 29.4 Å². The number of aliphatic hydroxyl groups is 2. The van der Waals surface area contributed by atoms with E-state index in [2.05, 4.69) is 29.2 Å². The highest BCUT2D eigenvalue weighted by molar-refractivity contribution is 5.95. The molecule has 1 saturated heterocycles. The third-order valence-corrected chi connectivity index (χ3v) is 7.35. The van der Waals surface area contributed by atoms with Crippen molar-refractivity contribution in [1.29, 1.82) is 0 Å². The topological polar surface area (TPSA) is 99.3 Å². The number of piperidine rings is 1. The molecule has 1 aliphatic heterocycles. The molecule has 4 rings (SSSR count). The number of pyridine rings is 1. The van der Waals surface area contributed by atoms with Crippen LogP contribution in [0.25, 0.3) is 5.52 Å². The van der Waals surface area contributed by atoms with Crippen LogP contribution in [0.15, 0.2) is 30.5 Å². The van der Waals surface area contributed by atoms with E-state index in [0.29, 0.717) is 16.6 Å². The zero-order valence-electron chi connectivity index (χ0n) is 24.0. The second-order valence-corrected chi connectivity index (χ2v) is 12.4. The van der Waals surface area contributed by atoms with E-state index in [1.807, 2.05) is 27.7 Å². The number of nitrogens with one attached hydrogen (secondary N) is 1. The number of hydrogen-bond acceptors (Lipinski definition) is 6. The number of amides is 1. The van der Waals surface area contributed by atoms with Gasteiger partial charge in [0.1, 0.15) is 11.9 Å². The molecule has 0 bridgehead atoms. The molecule has 3 N–H and O–H groups in total. The number of anilines is 1. The zero-order valence-corrected chi connectivity index (χ0v) is 24.0. The smallest absolute Gasteiger partial charge is 0.272 e. The Morgan fingerprint density at radius 3 is 2.41 bits per heavy atom. The van der Waals surface area contributed by atoms with Gasteiger partial charge in [0.25, 0.3) is 5.91 Å². The van der Waals surface area contributed by atoms with Gasteiger partial charge < -0.3 is 25.2 Å². The fraction of sp³-hybridized carbons (Fsp3) is 0.533. The van der Waals surface area contributed by atoms with Crippen LogP contribution in [0.3, 0.4) is 0 Å². The Kier molecular flexibility index (Phi) is 8.08. The Hall–Kier alpha value is -3.01. The molecule has 0 spiro atoms. The first-order valence-electron chi connectivity index (χ1n) is 13.5. The van der Waals surface area contributed by atoms with Gasteiger partial charge >= 0.3 is 0 Å². The predicted octanol–water partition coefficient (Wildman–Crippen LogP) is 4.81. The molecule has 1 atom stereocenters. The lowest BCUT2D eigenvalue weighted by Crippen LogP contribution is -2.39. The standard InChI is InChI=1S/C30H41FN4O4/c1-18-14-20(8-9-21(18)31)16-32-27(36)22-15-23-25(34-12-10-30(6,7)11-13-34)24(19(2)17-35(23)33-22)26(28(37)38)39-29(3,4)5/h8-9,14-15,17,26,28,37-38H,10-13,16H2,1-7H3,(H,32,36)/t26-/m0/s1. The summed E-state index contributed by atoms with van der Waals surface area (Å²) in [4.78, 5) is 15.4. The SMILES string of the molecule is Cc1cc(CNC(=O)c2cc3c(N4CCC(C)(C)CC4)c([C@H](OC(C)(C)C)C(O)O)c(C)cn3n2)ccc1F. The van der Waals surface area contributed by atoms with Crippen molar-refractivity contribution in [2.75, 3.05) is 18.0 Å². The molecule has 3 aromatic rings. The molecule has 212 valence electrons. The number of halogens is 1. The number of rotatable bonds is 7. The summed E-state index contributed by atoms with van der Waals surface area (Å²) in [5, 5.41) is 28.3. The minimum Gasteiger partial charge on any atom is -0.369 e. The Morgan fingerprint density at radius 2 is 1.82 bits per heavy atom. The number of carbonyl (C=O) groups excluding carboxylic acids is 1. The number of fused-ring (bicyclic) bond motifs is 1. The minimum atomic E-state index is -1.74. The monoisotopic (exact) mass is 540 g/mol. The van der Waals surface area contributed by atoms with Crippen LogP contribution in [-0.2, 0) is 11.3 Å². The summed E-state index contributed by atoms with van der Waals surface area (Å²) in [6.07, 6.45) is 1.00. The number of hydrogen-bond donors (Lipinski definition) is 3. The number of ether oxygens (including phenoxy) is 1. The Morgan fingerprint density at radius 1 is 1.15 bits per heavy atom. The zero-order chi connectivity index (χ0) is 28.7. The molecule has 0 saturated carbocycles. The number of nitrogens with zero attached hydrogens (tertiary/aromatic N) is 3. The van der Waals surface area contributed by atoms with E-state index in [0.717, 1.165) is 42.7 Å². The maximum absolute atomic E-state index is 13.6. The van der Waals surface area contributed by atoms with Crippen LogP contribution in [-0.4, -0.2) is 50.7 Å². The van der Waals surface area contributed by atoms with Crippen LogP contribution in [0.2, 0.25) is 0 Å². The van der Waals surface area contributed by atoms with Crippen LogP contribution in [0, 0.1) is 25.1 Å². The van der Waals surface area contributed by atoms with E-state index in [4.69, 9.17) is 4.74 Å². The highest BCUT2D eigenvalue weighted by Gasteiger charge is 2.35. The van der Waals surface area contributed by atoms with Crippen molar-refractivity contribution in [3.8, 4) is 0 Å².